The molecule has 13 nitrogen and oxygen atoms in total. The summed E-state index contributed by atoms with van der Waals surface area (Å²) in [5.74, 6) is -1.83. The van der Waals surface area contributed by atoms with Gasteiger partial charge in [0.25, 0.3) is 0 Å². The summed E-state index contributed by atoms with van der Waals surface area (Å²) in [7, 11) is 4.53. The molecule has 1 unspecified atom stereocenters. The topological polar surface area (TPSA) is 228 Å². The second-order valence-corrected chi connectivity index (χ2v) is 8.47. The molecule has 0 spiro atoms. The van der Waals surface area contributed by atoms with Gasteiger partial charge < -0.3 is 47.1 Å². The number of ether oxygens (including phenoxy) is 3. The predicted molar refractivity (Wildman–Crippen MR) is 183 cm³/mol. The number of carbonyl (C=O) groups is 3. The predicted octanol–water partition coefficient (Wildman–Crippen LogP) is 5.70. The molecular formula is C33H53N4O9Y-. The molecule has 1 radical (unpaired) electrons. The number of benzene rings is 3. The van der Waals surface area contributed by atoms with Crippen LogP contribution in [0.2, 0.25) is 0 Å². The number of aliphatic carboxylic acids is 2. The van der Waals surface area contributed by atoms with Crippen LogP contribution in [-0.2, 0) is 48.8 Å². The molecule has 3 aromatic carbocycles. The molecule has 0 saturated heterocycles. The second-order valence-electron chi connectivity index (χ2n) is 8.47. The molecule has 0 heterocycles. The van der Waals surface area contributed by atoms with Crippen molar-refractivity contribution in [3.63, 3.8) is 0 Å². The molecule has 3 aromatic rings. The van der Waals surface area contributed by atoms with Gasteiger partial charge in [-0.05, 0) is 61.1 Å². The minimum Gasteiger partial charge on any atom is -0.693 e. The molecule has 47 heavy (non-hydrogen) atoms. The van der Waals surface area contributed by atoms with E-state index in [1.807, 2.05) is 6.92 Å². The fraction of sp³-hybridized carbons (Fsp3) is 0.364. The molecule has 0 amide bonds. The minimum atomic E-state index is -1.11. The van der Waals surface area contributed by atoms with E-state index in [1.165, 1.54) is 33.4 Å². The molecule has 0 fully saturated rings. The summed E-state index contributed by atoms with van der Waals surface area (Å²) in [6.07, 6.45) is 0. The average molecular weight is 739 g/mol. The summed E-state index contributed by atoms with van der Waals surface area (Å²) in [4.78, 5) is 35.7. The molecule has 3 rings (SSSR count). The summed E-state index contributed by atoms with van der Waals surface area (Å²) in [6.45, 7) is 2.01. The van der Waals surface area contributed by atoms with Gasteiger partial charge in [0.05, 0.1) is 32.4 Å². The van der Waals surface area contributed by atoms with Crippen molar-refractivity contribution < 1.29 is 76.6 Å². The Hall–Kier alpha value is -3.59. The van der Waals surface area contributed by atoms with E-state index in [9.17, 15) is 24.6 Å². The van der Waals surface area contributed by atoms with Crippen molar-refractivity contribution in [2.24, 2.45) is 11.5 Å². The Bertz CT molecular complexity index is 1280. The van der Waals surface area contributed by atoms with E-state index in [1.54, 1.807) is 59.5 Å². The molecular weight excluding hydrogens is 685 g/mol. The Morgan fingerprint density at radius 1 is 0.809 bits per heavy atom. The van der Waals surface area contributed by atoms with Gasteiger partial charge in [-0.3, -0.25) is 9.69 Å². The third-order valence-corrected chi connectivity index (χ3v) is 5.58. The van der Waals surface area contributed by atoms with E-state index in [4.69, 9.17) is 25.1 Å². The summed E-state index contributed by atoms with van der Waals surface area (Å²) in [6, 6.07) is 17.5. The third kappa shape index (κ3) is 17.8. The first-order valence-corrected chi connectivity index (χ1v) is 12.9. The Morgan fingerprint density at radius 3 is 1.74 bits per heavy atom. The molecule has 0 saturated carbocycles. The van der Waals surface area contributed by atoms with Gasteiger partial charge in [0.2, 0.25) is 0 Å². The molecule has 0 aliphatic rings. The van der Waals surface area contributed by atoms with E-state index in [0.29, 0.717) is 33.9 Å². The van der Waals surface area contributed by atoms with Crippen LogP contribution in [-0.4, -0.2) is 79.1 Å². The van der Waals surface area contributed by atoms with Crippen molar-refractivity contribution in [3.8, 4) is 17.2 Å². The number of rotatable bonds is 13. The van der Waals surface area contributed by atoms with Crippen molar-refractivity contribution in [2.45, 2.75) is 41.8 Å². The summed E-state index contributed by atoms with van der Waals surface area (Å²) < 4.78 is 16.2. The maximum atomic E-state index is 11.9. The van der Waals surface area contributed by atoms with Gasteiger partial charge in [0.15, 0.2) is 6.61 Å². The fourth-order valence-electron chi connectivity index (χ4n) is 3.92. The number of aromatic carboxylic acids is 1. The molecule has 0 aliphatic heterocycles. The zero-order valence-electron chi connectivity index (χ0n) is 25.3. The first kappa shape index (κ1) is 52.9. The largest absolute Gasteiger partial charge is 0.693 e. The fourth-order valence-corrected chi connectivity index (χ4v) is 3.92. The third-order valence-electron chi connectivity index (χ3n) is 5.58. The summed E-state index contributed by atoms with van der Waals surface area (Å²) >= 11 is 0. The first-order valence-electron chi connectivity index (χ1n) is 12.9. The van der Waals surface area contributed by atoms with Crippen LogP contribution in [0.1, 0.15) is 62.3 Å². The van der Waals surface area contributed by atoms with Crippen LogP contribution in [0.25, 0.3) is 6.15 Å². The molecule has 0 aliphatic carbocycles. The number of hydrogen-bond donors (Lipinski definition) is 5. The van der Waals surface area contributed by atoms with Crippen molar-refractivity contribution in [3.05, 3.63) is 95.1 Å². The van der Waals surface area contributed by atoms with E-state index >= 15 is 0 Å². The van der Waals surface area contributed by atoms with Gasteiger partial charge in [-0.1, -0.05) is 53.5 Å². The number of carboxylic acids is 3. The zero-order chi connectivity index (χ0) is 31.7. The molecule has 263 valence electrons. The monoisotopic (exact) mass is 738 g/mol. The van der Waals surface area contributed by atoms with E-state index in [0.717, 1.165) is 6.54 Å². The zero-order valence-corrected chi connectivity index (χ0v) is 28.1. The minimum absolute atomic E-state index is 0. The van der Waals surface area contributed by atoms with E-state index < -0.39 is 30.6 Å². The number of carboxylic acid groups (broad SMARTS) is 3. The Morgan fingerprint density at radius 2 is 1.32 bits per heavy atom. The van der Waals surface area contributed by atoms with Crippen LogP contribution in [0, 0.1) is 0 Å². The normalized spacial score (nSPS) is 9.60. The number of nitrogens with zero attached hydrogens (tertiary/aromatic N) is 1. The maximum absolute atomic E-state index is 11.9. The Kier molecular flexibility index (Phi) is 32.2. The first-order chi connectivity index (χ1) is 20.1. The van der Waals surface area contributed by atoms with Gasteiger partial charge >= 0.3 is 17.9 Å². The van der Waals surface area contributed by atoms with Gasteiger partial charge in [0, 0.05) is 50.9 Å². The van der Waals surface area contributed by atoms with Crippen LogP contribution in [0.4, 0.5) is 0 Å². The number of methoxy groups -OCH3 is 2. The molecule has 9 N–H and O–H groups in total. The standard InChI is InChI=1S/C27H27NO9.C2H7N.CH5N.3CH4.H2N.Y/c1-35-21-11-12-22(23(13-21)36-2)26(18-7-9-20(10-8-18)37-16-25(31)32)28(15-24(29)30)14-17-3-5-19(6-4-17)27(33)34;1-2-3;1-2;;;;;/h3-13,26H,14-16H2,1-2H3,(H,29,30)(H,31,32)(H,33,34);2-3H2,1H3;2H2,1H3;3*1H4;1H2;/q;;;;;;-1;. The quantitative estimate of drug-likeness (QED) is 0.142. The summed E-state index contributed by atoms with van der Waals surface area (Å²) in [5, 5.41) is 27.8. The SMILES string of the molecule is C.C.C.CCN.CN.COc1ccc(C(c2ccc(OCC(=O)O)cc2)N(CC(=O)O)Cc2ccc(C(=O)O)cc2)c(OC)c1.[NH2-].[Y]. The van der Waals surface area contributed by atoms with Gasteiger partial charge in [0.1, 0.15) is 17.2 Å². The summed E-state index contributed by atoms with van der Waals surface area (Å²) in [5.41, 5.74) is 11.6. The molecule has 14 heteroatoms. The number of hydrogen-bond acceptors (Lipinski definition) is 9. The van der Waals surface area contributed by atoms with Crippen LogP contribution in [0.15, 0.2) is 66.7 Å². The van der Waals surface area contributed by atoms with Crippen LogP contribution >= 0.6 is 0 Å². The van der Waals surface area contributed by atoms with E-state index in [-0.39, 0.29) is 79.8 Å². The van der Waals surface area contributed by atoms with Crippen LogP contribution in [0.5, 0.6) is 17.2 Å². The Labute approximate surface area is 304 Å². The Balaban J connectivity index is -0.000000555. The van der Waals surface area contributed by atoms with Crippen molar-refractivity contribution in [1.29, 1.82) is 0 Å². The van der Waals surface area contributed by atoms with Gasteiger partial charge in [-0.2, -0.15) is 0 Å². The second kappa shape index (κ2) is 28.6. The maximum Gasteiger partial charge on any atom is 0.341 e. The smallest absolute Gasteiger partial charge is 0.341 e. The van der Waals surface area contributed by atoms with Crippen molar-refractivity contribution in [2.75, 3.05) is 41.0 Å². The molecule has 1 atom stereocenters. The number of nitrogens with two attached hydrogens (primary N) is 3. The van der Waals surface area contributed by atoms with Gasteiger partial charge in [-0.25, -0.2) is 9.59 Å². The average Bonchev–Trinajstić information content (AvgIpc) is 2.98. The van der Waals surface area contributed by atoms with Crippen LogP contribution < -0.4 is 25.7 Å². The molecule has 0 bridgehead atoms. The molecule has 0 aromatic heterocycles. The van der Waals surface area contributed by atoms with Crippen molar-refractivity contribution >= 4 is 17.9 Å². The van der Waals surface area contributed by atoms with Gasteiger partial charge in [-0.15, -0.1) is 0 Å². The van der Waals surface area contributed by atoms with Crippen molar-refractivity contribution in [1.82, 2.24) is 4.90 Å². The van der Waals surface area contributed by atoms with E-state index in [2.05, 4.69) is 5.73 Å². The van der Waals surface area contributed by atoms with Crippen LogP contribution in [0.3, 0.4) is 0 Å².